The molecule has 0 spiro atoms. The van der Waals surface area contributed by atoms with E-state index in [0.717, 1.165) is 43.0 Å². The zero-order valence-corrected chi connectivity index (χ0v) is 15.9. The zero-order chi connectivity index (χ0) is 18.9. The SMILES string of the molecule is COc1ccc(CNCCCc2cnn(C)c2)cc1OCc1cccnc1. The largest absolute Gasteiger partial charge is 0.493 e. The first kappa shape index (κ1) is 18.9. The summed E-state index contributed by atoms with van der Waals surface area (Å²) in [5.74, 6) is 1.48. The third kappa shape index (κ3) is 5.82. The fourth-order valence-corrected chi connectivity index (χ4v) is 2.84. The first-order valence-electron chi connectivity index (χ1n) is 9.11. The van der Waals surface area contributed by atoms with Crippen molar-refractivity contribution >= 4 is 0 Å². The van der Waals surface area contributed by atoms with Crippen molar-refractivity contribution < 1.29 is 9.47 Å². The Labute approximate surface area is 160 Å². The molecule has 0 radical (unpaired) electrons. The summed E-state index contributed by atoms with van der Waals surface area (Å²) < 4.78 is 13.2. The maximum atomic E-state index is 5.94. The van der Waals surface area contributed by atoms with Crippen LogP contribution in [0.15, 0.2) is 55.1 Å². The second-order valence-electron chi connectivity index (χ2n) is 6.44. The summed E-state index contributed by atoms with van der Waals surface area (Å²) in [6, 6.07) is 9.94. The molecule has 0 aliphatic carbocycles. The van der Waals surface area contributed by atoms with Gasteiger partial charge in [-0.2, -0.15) is 5.10 Å². The van der Waals surface area contributed by atoms with E-state index < -0.39 is 0 Å². The second-order valence-corrected chi connectivity index (χ2v) is 6.44. The van der Waals surface area contributed by atoms with Gasteiger partial charge in [0.1, 0.15) is 6.61 Å². The highest BCUT2D eigenvalue weighted by Gasteiger charge is 2.07. The van der Waals surface area contributed by atoms with Crippen LogP contribution in [0.3, 0.4) is 0 Å². The van der Waals surface area contributed by atoms with E-state index in [0.29, 0.717) is 6.61 Å². The van der Waals surface area contributed by atoms with Crippen molar-refractivity contribution in [1.82, 2.24) is 20.1 Å². The van der Waals surface area contributed by atoms with Crippen LogP contribution in [0.2, 0.25) is 0 Å². The molecule has 27 heavy (non-hydrogen) atoms. The van der Waals surface area contributed by atoms with Gasteiger partial charge in [-0.3, -0.25) is 9.67 Å². The third-order valence-corrected chi connectivity index (χ3v) is 4.25. The first-order valence-corrected chi connectivity index (χ1v) is 9.11. The highest BCUT2D eigenvalue weighted by molar-refractivity contribution is 5.43. The van der Waals surface area contributed by atoms with Crippen molar-refractivity contribution in [2.24, 2.45) is 7.05 Å². The van der Waals surface area contributed by atoms with Gasteiger partial charge in [0, 0.05) is 37.7 Å². The summed E-state index contributed by atoms with van der Waals surface area (Å²) >= 11 is 0. The lowest BCUT2D eigenvalue weighted by Gasteiger charge is -2.13. The standard InChI is InChI=1S/C21H26N4O2/c1-25-15-18(14-24-25)5-3-9-22-12-17-7-8-20(26-2)21(11-17)27-16-19-6-4-10-23-13-19/h4,6-8,10-11,13-15,22H,3,5,9,12,16H2,1-2H3. The number of ether oxygens (including phenoxy) is 2. The van der Waals surface area contributed by atoms with Crippen LogP contribution in [0.25, 0.3) is 0 Å². The number of methoxy groups -OCH3 is 1. The van der Waals surface area contributed by atoms with E-state index in [2.05, 4.69) is 27.7 Å². The van der Waals surface area contributed by atoms with Crippen molar-refractivity contribution in [2.75, 3.05) is 13.7 Å². The molecule has 0 aliphatic heterocycles. The van der Waals surface area contributed by atoms with Gasteiger partial charge in [0.25, 0.3) is 0 Å². The lowest BCUT2D eigenvalue weighted by molar-refractivity contribution is 0.283. The highest BCUT2D eigenvalue weighted by Crippen LogP contribution is 2.28. The summed E-state index contributed by atoms with van der Waals surface area (Å²) in [6.45, 7) is 2.21. The molecule has 0 atom stereocenters. The van der Waals surface area contributed by atoms with Gasteiger partial charge in [0.2, 0.25) is 0 Å². The zero-order valence-electron chi connectivity index (χ0n) is 15.9. The molecule has 6 nitrogen and oxygen atoms in total. The Morgan fingerprint density at radius 3 is 2.74 bits per heavy atom. The monoisotopic (exact) mass is 366 g/mol. The van der Waals surface area contributed by atoms with Crippen LogP contribution in [-0.2, 0) is 26.6 Å². The number of hydrogen-bond acceptors (Lipinski definition) is 5. The molecule has 0 unspecified atom stereocenters. The quantitative estimate of drug-likeness (QED) is 0.559. The summed E-state index contributed by atoms with van der Waals surface area (Å²) in [7, 11) is 3.60. The highest BCUT2D eigenvalue weighted by atomic mass is 16.5. The first-order chi connectivity index (χ1) is 13.2. The molecule has 142 valence electrons. The molecule has 0 amide bonds. The van der Waals surface area contributed by atoms with Crippen LogP contribution in [0.4, 0.5) is 0 Å². The second kappa shape index (κ2) is 9.73. The maximum Gasteiger partial charge on any atom is 0.161 e. The Balaban J connectivity index is 1.48. The third-order valence-electron chi connectivity index (χ3n) is 4.25. The molecule has 2 heterocycles. The number of benzene rings is 1. The smallest absolute Gasteiger partial charge is 0.161 e. The maximum absolute atomic E-state index is 5.94. The molecule has 0 bridgehead atoms. The molecule has 0 saturated heterocycles. The van der Waals surface area contributed by atoms with E-state index in [4.69, 9.17) is 9.47 Å². The van der Waals surface area contributed by atoms with Crippen LogP contribution in [-0.4, -0.2) is 28.4 Å². The number of pyridine rings is 1. The van der Waals surface area contributed by atoms with Crippen molar-refractivity contribution in [1.29, 1.82) is 0 Å². The molecule has 0 saturated carbocycles. The number of nitrogens with one attached hydrogen (secondary N) is 1. The van der Waals surface area contributed by atoms with Gasteiger partial charge < -0.3 is 14.8 Å². The van der Waals surface area contributed by atoms with Gasteiger partial charge in [-0.15, -0.1) is 0 Å². The molecule has 0 fully saturated rings. The van der Waals surface area contributed by atoms with Gasteiger partial charge in [0.15, 0.2) is 11.5 Å². The van der Waals surface area contributed by atoms with Crippen LogP contribution in [0.1, 0.15) is 23.1 Å². The molecule has 1 N–H and O–H groups in total. The van der Waals surface area contributed by atoms with E-state index in [1.807, 2.05) is 42.2 Å². The van der Waals surface area contributed by atoms with E-state index >= 15 is 0 Å². The normalized spacial score (nSPS) is 10.7. The van der Waals surface area contributed by atoms with E-state index in [9.17, 15) is 0 Å². The van der Waals surface area contributed by atoms with Crippen molar-refractivity contribution in [3.63, 3.8) is 0 Å². The summed E-state index contributed by atoms with van der Waals surface area (Å²) in [5, 5.41) is 7.68. The predicted octanol–water partition coefficient (Wildman–Crippen LogP) is 3.13. The van der Waals surface area contributed by atoms with E-state index in [1.54, 1.807) is 19.5 Å². The lowest BCUT2D eigenvalue weighted by atomic mass is 10.2. The fraction of sp³-hybridized carbons (Fsp3) is 0.333. The fourth-order valence-electron chi connectivity index (χ4n) is 2.84. The average Bonchev–Trinajstić information content (AvgIpc) is 3.12. The van der Waals surface area contributed by atoms with Crippen molar-refractivity contribution in [3.8, 4) is 11.5 Å². The van der Waals surface area contributed by atoms with Crippen LogP contribution in [0, 0.1) is 0 Å². The van der Waals surface area contributed by atoms with Crippen LogP contribution >= 0.6 is 0 Å². The Hall–Kier alpha value is -2.86. The molecular formula is C21H26N4O2. The minimum atomic E-state index is 0.464. The molecule has 3 rings (SSSR count). The Morgan fingerprint density at radius 1 is 1.07 bits per heavy atom. The topological polar surface area (TPSA) is 61.2 Å². The number of rotatable bonds is 10. The number of hydrogen-bond donors (Lipinski definition) is 1. The Bertz CT molecular complexity index is 833. The Morgan fingerprint density at radius 2 is 2.00 bits per heavy atom. The van der Waals surface area contributed by atoms with Gasteiger partial charge >= 0.3 is 0 Å². The van der Waals surface area contributed by atoms with Crippen LogP contribution < -0.4 is 14.8 Å². The van der Waals surface area contributed by atoms with Crippen molar-refractivity contribution in [3.05, 3.63) is 71.8 Å². The minimum Gasteiger partial charge on any atom is -0.493 e. The van der Waals surface area contributed by atoms with Gasteiger partial charge in [-0.25, -0.2) is 0 Å². The molecular weight excluding hydrogens is 340 g/mol. The number of aromatic nitrogens is 3. The predicted molar refractivity (Wildman–Crippen MR) is 105 cm³/mol. The summed E-state index contributed by atoms with van der Waals surface area (Å²) in [4.78, 5) is 4.11. The number of nitrogens with zero attached hydrogens (tertiary/aromatic N) is 3. The van der Waals surface area contributed by atoms with E-state index in [-0.39, 0.29) is 0 Å². The molecule has 0 aliphatic rings. The minimum absolute atomic E-state index is 0.464. The summed E-state index contributed by atoms with van der Waals surface area (Å²) in [6.07, 6.45) is 9.66. The molecule has 6 heteroatoms. The molecule has 3 aromatic rings. The van der Waals surface area contributed by atoms with E-state index in [1.165, 1.54) is 11.1 Å². The average molecular weight is 366 g/mol. The van der Waals surface area contributed by atoms with Gasteiger partial charge in [-0.05, 0) is 48.7 Å². The lowest BCUT2D eigenvalue weighted by Crippen LogP contribution is -2.15. The molecule has 1 aromatic carbocycles. The van der Waals surface area contributed by atoms with Crippen molar-refractivity contribution in [2.45, 2.75) is 26.0 Å². The summed E-state index contributed by atoms with van der Waals surface area (Å²) in [5.41, 5.74) is 3.46. The van der Waals surface area contributed by atoms with Gasteiger partial charge in [0.05, 0.1) is 13.3 Å². The molecule has 2 aromatic heterocycles. The van der Waals surface area contributed by atoms with Gasteiger partial charge in [-0.1, -0.05) is 12.1 Å². The number of aryl methyl sites for hydroxylation is 2. The van der Waals surface area contributed by atoms with Crippen LogP contribution in [0.5, 0.6) is 11.5 Å². The Kier molecular flexibility index (Phi) is 6.82.